The molecule has 0 aliphatic carbocycles. The molecule has 4 nitrogen and oxygen atoms in total. The number of nitrogens with one attached hydrogen (secondary N) is 1. The minimum atomic E-state index is -0.0674. The molecule has 1 N–H and O–H groups in total. The maximum Gasteiger partial charge on any atom is 0.270 e. The first-order chi connectivity index (χ1) is 10.7. The van der Waals surface area contributed by atoms with Crippen LogP contribution in [0.15, 0.2) is 17.6 Å². The Hall–Kier alpha value is -1.90. The van der Waals surface area contributed by atoms with Gasteiger partial charge in [-0.15, -0.1) is 17.3 Å². The number of hydrogen-bond donors (Lipinski definition) is 1. The zero-order valence-electron chi connectivity index (χ0n) is 12.4. The molecule has 3 atom stereocenters. The molecule has 2 fully saturated rings. The van der Waals surface area contributed by atoms with Crippen molar-refractivity contribution in [2.24, 2.45) is 5.92 Å². The Morgan fingerprint density at radius 2 is 2.41 bits per heavy atom. The lowest BCUT2D eigenvalue weighted by Crippen LogP contribution is -2.43. The largest absolute Gasteiger partial charge is 0.346 e. The number of fused-ring (bicyclic) bond motifs is 3. The van der Waals surface area contributed by atoms with Crippen LogP contribution in [0.3, 0.4) is 0 Å². The standard InChI is InChI=1S/C17H17N3OS/c1-2-3-12-10-22-16-7-18-14(6-13(12)16)17(21)19-15-9-20-5-4-11(15)8-20/h6-7,10-11,15H,4-5,8-9H2,1H3,(H,19,21). The second-order valence-electron chi connectivity index (χ2n) is 5.98. The second kappa shape index (κ2) is 5.38. The van der Waals surface area contributed by atoms with Crippen LogP contribution >= 0.6 is 11.3 Å². The van der Waals surface area contributed by atoms with Crippen molar-refractivity contribution < 1.29 is 4.79 Å². The van der Waals surface area contributed by atoms with E-state index in [1.165, 1.54) is 13.0 Å². The minimum absolute atomic E-state index is 0.0674. The summed E-state index contributed by atoms with van der Waals surface area (Å²) < 4.78 is 1.07. The number of pyridine rings is 1. The summed E-state index contributed by atoms with van der Waals surface area (Å²) in [5, 5.41) is 6.21. The lowest BCUT2D eigenvalue weighted by Gasteiger charge is -2.22. The summed E-state index contributed by atoms with van der Waals surface area (Å²) in [6.07, 6.45) is 2.97. The van der Waals surface area contributed by atoms with Crippen LogP contribution in [-0.2, 0) is 0 Å². The number of thiophene rings is 1. The van der Waals surface area contributed by atoms with Gasteiger partial charge in [0, 0.05) is 41.7 Å². The Morgan fingerprint density at radius 3 is 3.14 bits per heavy atom. The van der Waals surface area contributed by atoms with Gasteiger partial charge in [0.25, 0.3) is 5.91 Å². The van der Waals surface area contributed by atoms with E-state index in [0.29, 0.717) is 11.6 Å². The van der Waals surface area contributed by atoms with Gasteiger partial charge in [0.05, 0.1) is 4.70 Å². The summed E-state index contributed by atoms with van der Waals surface area (Å²) in [7, 11) is 0. The Bertz CT molecular complexity index is 801. The average Bonchev–Trinajstić information content (AvgIpc) is 3.23. The number of rotatable bonds is 2. The predicted octanol–water partition coefficient (Wildman–Crippen LogP) is 2.10. The topological polar surface area (TPSA) is 45.2 Å². The molecule has 112 valence electrons. The van der Waals surface area contributed by atoms with Crippen LogP contribution in [0.4, 0.5) is 0 Å². The normalized spacial score (nSPS) is 26.0. The van der Waals surface area contributed by atoms with Crippen LogP contribution < -0.4 is 5.32 Å². The van der Waals surface area contributed by atoms with Gasteiger partial charge >= 0.3 is 0 Å². The summed E-state index contributed by atoms with van der Waals surface area (Å²) in [4.78, 5) is 19.2. The summed E-state index contributed by atoms with van der Waals surface area (Å²) in [6, 6.07) is 2.14. The third-order valence-corrected chi connectivity index (χ3v) is 5.54. The molecule has 2 bridgehead atoms. The van der Waals surface area contributed by atoms with Gasteiger partial charge in [-0.1, -0.05) is 5.92 Å². The lowest BCUT2D eigenvalue weighted by atomic mass is 10.00. The van der Waals surface area contributed by atoms with E-state index in [-0.39, 0.29) is 11.9 Å². The predicted molar refractivity (Wildman–Crippen MR) is 88.0 cm³/mol. The number of carbonyl (C=O) groups is 1. The van der Waals surface area contributed by atoms with Gasteiger partial charge in [0.15, 0.2) is 0 Å². The van der Waals surface area contributed by atoms with Crippen molar-refractivity contribution in [3.63, 3.8) is 0 Å². The van der Waals surface area contributed by atoms with Crippen LogP contribution in [0, 0.1) is 17.8 Å². The molecule has 2 aromatic rings. The minimum Gasteiger partial charge on any atom is -0.346 e. The molecule has 3 unspecified atom stereocenters. The van der Waals surface area contributed by atoms with Crippen molar-refractivity contribution in [3.8, 4) is 11.8 Å². The Morgan fingerprint density at radius 1 is 1.50 bits per heavy atom. The van der Waals surface area contributed by atoms with E-state index in [2.05, 4.69) is 27.0 Å². The molecule has 2 aliphatic heterocycles. The van der Waals surface area contributed by atoms with E-state index in [4.69, 9.17) is 0 Å². The van der Waals surface area contributed by atoms with Crippen LogP contribution in [0.25, 0.3) is 10.1 Å². The number of carbonyl (C=O) groups excluding carboxylic acids is 1. The third kappa shape index (κ3) is 2.29. The van der Waals surface area contributed by atoms with Crippen LogP contribution in [0.2, 0.25) is 0 Å². The number of piperidine rings is 1. The fourth-order valence-corrected chi connectivity index (χ4v) is 4.32. The number of amides is 1. The smallest absolute Gasteiger partial charge is 0.270 e. The zero-order valence-corrected chi connectivity index (χ0v) is 13.2. The van der Waals surface area contributed by atoms with Crippen molar-refractivity contribution in [3.05, 3.63) is 28.9 Å². The van der Waals surface area contributed by atoms with Gasteiger partial charge in [-0.05, 0) is 31.9 Å². The molecule has 2 saturated heterocycles. The maximum atomic E-state index is 12.5. The van der Waals surface area contributed by atoms with E-state index in [9.17, 15) is 4.79 Å². The Labute approximate surface area is 133 Å². The van der Waals surface area contributed by atoms with E-state index in [1.54, 1.807) is 17.5 Å². The highest BCUT2D eigenvalue weighted by molar-refractivity contribution is 7.17. The van der Waals surface area contributed by atoms with Crippen molar-refractivity contribution in [1.29, 1.82) is 0 Å². The number of aromatic nitrogens is 1. The first kappa shape index (κ1) is 13.7. The summed E-state index contributed by atoms with van der Waals surface area (Å²) in [6.45, 7) is 5.10. The van der Waals surface area contributed by atoms with Crippen molar-refractivity contribution in [1.82, 2.24) is 15.2 Å². The molecule has 2 aromatic heterocycles. The van der Waals surface area contributed by atoms with E-state index in [1.807, 2.05) is 18.4 Å². The molecular formula is C17H17N3OS. The molecule has 0 spiro atoms. The van der Waals surface area contributed by atoms with Gasteiger partial charge in [-0.3, -0.25) is 4.79 Å². The van der Waals surface area contributed by atoms with Gasteiger partial charge in [-0.25, -0.2) is 4.98 Å². The van der Waals surface area contributed by atoms with E-state index in [0.717, 1.165) is 28.7 Å². The first-order valence-electron chi connectivity index (χ1n) is 7.58. The zero-order chi connectivity index (χ0) is 15.1. The van der Waals surface area contributed by atoms with Crippen LogP contribution in [0.5, 0.6) is 0 Å². The first-order valence-corrected chi connectivity index (χ1v) is 8.46. The van der Waals surface area contributed by atoms with Crippen LogP contribution in [0.1, 0.15) is 29.4 Å². The van der Waals surface area contributed by atoms with Gasteiger partial charge in [0.2, 0.25) is 0 Å². The van der Waals surface area contributed by atoms with Gasteiger partial charge in [0.1, 0.15) is 5.69 Å². The Balaban J connectivity index is 1.58. The molecule has 4 heterocycles. The highest BCUT2D eigenvalue weighted by atomic mass is 32.1. The highest BCUT2D eigenvalue weighted by Gasteiger charge is 2.38. The average molecular weight is 311 g/mol. The molecular weight excluding hydrogens is 294 g/mol. The summed E-state index contributed by atoms with van der Waals surface area (Å²) >= 11 is 1.61. The summed E-state index contributed by atoms with van der Waals surface area (Å²) in [5.74, 6) is 6.54. The Kier molecular flexibility index (Phi) is 3.36. The molecule has 2 aliphatic rings. The van der Waals surface area contributed by atoms with Crippen molar-refractivity contribution in [2.45, 2.75) is 19.4 Å². The fourth-order valence-electron chi connectivity index (χ4n) is 3.48. The lowest BCUT2D eigenvalue weighted by molar-refractivity contribution is 0.0919. The quantitative estimate of drug-likeness (QED) is 0.864. The SMILES string of the molecule is CC#Cc1csc2cnc(C(=O)NC3CN4CCC3C4)cc12. The van der Waals surface area contributed by atoms with Crippen LogP contribution in [-0.4, -0.2) is 41.5 Å². The molecule has 0 saturated carbocycles. The molecule has 0 aromatic carbocycles. The fraction of sp³-hybridized carbons (Fsp3) is 0.412. The summed E-state index contributed by atoms with van der Waals surface area (Å²) in [5.41, 5.74) is 1.47. The van der Waals surface area contributed by atoms with Gasteiger partial charge < -0.3 is 10.2 Å². The third-order valence-electron chi connectivity index (χ3n) is 4.60. The van der Waals surface area contributed by atoms with Gasteiger partial charge in [-0.2, -0.15) is 0 Å². The molecule has 4 rings (SSSR count). The highest BCUT2D eigenvalue weighted by Crippen LogP contribution is 2.28. The molecule has 1 amide bonds. The van der Waals surface area contributed by atoms with Crippen molar-refractivity contribution in [2.75, 3.05) is 19.6 Å². The van der Waals surface area contributed by atoms with Crippen molar-refractivity contribution >= 4 is 27.3 Å². The van der Waals surface area contributed by atoms with E-state index < -0.39 is 0 Å². The second-order valence-corrected chi connectivity index (χ2v) is 6.89. The molecule has 22 heavy (non-hydrogen) atoms. The number of hydrogen-bond acceptors (Lipinski definition) is 4. The monoisotopic (exact) mass is 311 g/mol. The molecule has 0 radical (unpaired) electrons. The maximum absolute atomic E-state index is 12.5. The number of nitrogens with zero attached hydrogens (tertiary/aromatic N) is 2. The molecule has 5 heteroatoms. The van der Waals surface area contributed by atoms with E-state index >= 15 is 0 Å².